The van der Waals surface area contributed by atoms with Crippen molar-refractivity contribution in [3.05, 3.63) is 44.6 Å². The van der Waals surface area contributed by atoms with Gasteiger partial charge in [0.1, 0.15) is 16.5 Å². The number of nitrogens with zero attached hydrogens (tertiary/aromatic N) is 2. The lowest BCUT2D eigenvalue weighted by Crippen LogP contribution is -2.28. The van der Waals surface area contributed by atoms with Gasteiger partial charge in [-0.25, -0.2) is 18.0 Å². The SMILES string of the molecule is CCOC(=O)c1ccc2c(c1)sc(=NC(=O)CS(=O)(=O)CC(=O)Nc1sc3c(c1C(=O)OC)CCC(C)C3)n2CCOC. The van der Waals surface area contributed by atoms with Gasteiger partial charge in [0, 0.05) is 18.5 Å². The number of rotatable bonds is 11. The van der Waals surface area contributed by atoms with Gasteiger partial charge >= 0.3 is 11.9 Å². The quantitative estimate of drug-likeness (QED) is 0.308. The number of carbonyl (C=O) groups is 4. The van der Waals surface area contributed by atoms with Gasteiger partial charge in [-0.3, -0.25) is 9.59 Å². The Labute approximate surface area is 256 Å². The molecule has 0 spiro atoms. The first kappa shape index (κ1) is 32.5. The van der Waals surface area contributed by atoms with E-state index in [2.05, 4.69) is 17.2 Å². The number of nitrogens with one attached hydrogen (secondary N) is 1. The Kier molecular flexibility index (Phi) is 10.5. The minimum absolute atomic E-state index is 0.220. The molecule has 4 rings (SSSR count). The number of carbonyl (C=O) groups excluding carboxylic acids is 4. The molecule has 43 heavy (non-hydrogen) atoms. The molecular weight excluding hydrogens is 619 g/mol. The Bertz CT molecular complexity index is 1730. The van der Waals surface area contributed by atoms with Gasteiger partial charge in [-0.15, -0.1) is 11.3 Å². The fourth-order valence-corrected chi connectivity index (χ4v) is 8.34. The van der Waals surface area contributed by atoms with Crippen LogP contribution in [-0.2, 0) is 53.0 Å². The van der Waals surface area contributed by atoms with E-state index in [0.717, 1.165) is 34.6 Å². The Morgan fingerprint density at radius 3 is 2.58 bits per heavy atom. The van der Waals surface area contributed by atoms with E-state index in [1.54, 1.807) is 29.7 Å². The van der Waals surface area contributed by atoms with Crippen molar-refractivity contribution < 1.29 is 41.8 Å². The molecule has 15 heteroatoms. The molecule has 0 aliphatic heterocycles. The molecule has 0 bridgehead atoms. The third kappa shape index (κ3) is 7.77. The highest BCUT2D eigenvalue weighted by molar-refractivity contribution is 7.92. The topological polar surface area (TPSA) is 159 Å². The summed E-state index contributed by atoms with van der Waals surface area (Å²) in [6.45, 7) is 4.64. The summed E-state index contributed by atoms with van der Waals surface area (Å²) in [5, 5.41) is 2.80. The zero-order valence-electron chi connectivity index (χ0n) is 24.3. The number of sulfone groups is 1. The summed E-state index contributed by atoms with van der Waals surface area (Å²) in [7, 11) is -1.44. The number of hydrogen-bond acceptors (Lipinski definition) is 11. The molecule has 1 aliphatic carbocycles. The van der Waals surface area contributed by atoms with Crippen molar-refractivity contribution in [1.82, 2.24) is 4.57 Å². The zero-order valence-corrected chi connectivity index (χ0v) is 26.7. The summed E-state index contributed by atoms with van der Waals surface area (Å²) in [5.74, 6) is -4.44. The van der Waals surface area contributed by atoms with E-state index in [1.807, 2.05) is 0 Å². The summed E-state index contributed by atoms with van der Waals surface area (Å²) < 4.78 is 43.2. The number of thiazole rings is 1. The summed E-state index contributed by atoms with van der Waals surface area (Å²) in [5.41, 5.74) is 2.08. The third-order valence-corrected chi connectivity index (χ3v) is 10.4. The van der Waals surface area contributed by atoms with Gasteiger partial charge in [0.25, 0.3) is 5.91 Å². The van der Waals surface area contributed by atoms with Crippen LogP contribution in [0.5, 0.6) is 0 Å². The van der Waals surface area contributed by atoms with E-state index in [-0.39, 0.29) is 22.0 Å². The van der Waals surface area contributed by atoms with E-state index in [9.17, 15) is 27.6 Å². The fraction of sp³-hybridized carbons (Fsp3) is 0.464. The van der Waals surface area contributed by atoms with E-state index >= 15 is 0 Å². The molecule has 1 unspecified atom stereocenters. The van der Waals surface area contributed by atoms with E-state index in [1.165, 1.54) is 25.6 Å². The molecule has 12 nitrogen and oxygen atoms in total. The van der Waals surface area contributed by atoms with E-state index in [0.29, 0.717) is 41.3 Å². The summed E-state index contributed by atoms with van der Waals surface area (Å²) in [6.07, 6.45) is 2.30. The molecule has 0 saturated carbocycles. The average molecular weight is 652 g/mol. The minimum atomic E-state index is -4.21. The molecule has 1 aromatic carbocycles. The number of benzene rings is 1. The average Bonchev–Trinajstić information content (AvgIpc) is 3.46. The Morgan fingerprint density at radius 1 is 1.12 bits per heavy atom. The van der Waals surface area contributed by atoms with E-state index in [4.69, 9.17) is 14.2 Å². The second-order valence-corrected chi connectivity index (χ2v) is 14.2. The number of esters is 2. The van der Waals surface area contributed by atoms with Gasteiger partial charge in [0.15, 0.2) is 14.6 Å². The van der Waals surface area contributed by atoms with Crippen molar-refractivity contribution >= 4 is 71.5 Å². The monoisotopic (exact) mass is 651 g/mol. The molecule has 2 amide bonds. The van der Waals surface area contributed by atoms with Gasteiger partial charge in [0.05, 0.1) is 41.7 Å². The van der Waals surface area contributed by atoms with Crippen LogP contribution >= 0.6 is 22.7 Å². The fourth-order valence-electron chi connectivity index (χ4n) is 4.80. The van der Waals surface area contributed by atoms with Crippen molar-refractivity contribution in [1.29, 1.82) is 0 Å². The van der Waals surface area contributed by atoms with Crippen LogP contribution < -0.4 is 10.1 Å². The lowest BCUT2D eigenvalue weighted by molar-refractivity contribution is -0.115. The van der Waals surface area contributed by atoms with Crippen molar-refractivity contribution in [3.63, 3.8) is 0 Å². The molecular formula is C28H33N3O9S3. The number of hydrogen-bond donors (Lipinski definition) is 1. The van der Waals surface area contributed by atoms with Gasteiger partial charge < -0.3 is 24.1 Å². The molecule has 3 aromatic rings. The Morgan fingerprint density at radius 2 is 1.88 bits per heavy atom. The van der Waals surface area contributed by atoms with Gasteiger partial charge in [-0.1, -0.05) is 18.3 Å². The van der Waals surface area contributed by atoms with Crippen LogP contribution in [0.3, 0.4) is 0 Å². The molecule has 2 aromatic heterocycles. The van der Waals surface area contributed by atoms with Crippen LogP contribution in [0.15, 0.2) is 23.2 Å². The second-order valence-electron chi connectivity index (χ2n) is 10.1. The maximum absolute atomic E-state index is 12.8. The predicted molar refractivity (Wildman–Crippen MR) is 162 cm³/mol. The number of aromatic nitrogens is 1. The highest BCUT2D eigenvalue weighted by Crippen LogP contribution is 2.40. The molecule has 0 fully saturated rings. The molecule has 1 N–H and O–H groups in total. The Balaban J connectivity index is 1.53. The van der Waals surface area contributed by atoms with Crippen LogP contribution in [-0.4, -0.2) is 75.7 Å². The zero-order chi connectivity index (χ0) is 31.3. The standard InChI is InChI=1S/C28H33N3O9S3/c1-5-40-26(34)17-7-9-19-21(13-17)42-28(31(19)10-11-38-3)30-23(33)15-43(36,37)14-22(32)29-25-24(27(35)39-4)18-8-6-16(2)12-20(18)41-25/h7,9,13,16H,5-6,8,10-12,14-15H2,1-4H3,(H,29,32). The third-order valence-electron chi connectivity index (χ3n) is 6.78. The highest BCUT2D eigenvalue weighted by atomic mass is 32.2. The van der Waals surface area contributed by atoms with Crippen LogP contribution in [0.25, 0.3) is 10.2 Å². The lowest BCUT2D eigenvalue weighted by atomic mass is 9.88. The molecule has 1 atom stereocenters. The van der Waals surface area contributed by atoms with Crippen LogP contribution in [0.4, 0.5) is 5.00 Å². The summed E-state index contributed by atoms with van der Waals surface area (Å²) >= 11 is 2.35. The minimum Gasteiger partial charge on any atom is -0.465 e. The number of anilines is 1. The maximum Gasteiger partial charge on any atom is 0.341 e. The molecule has 1 aliphatic rings. The largest absolute Gasteiger partial charge is 0.465 e. The number of methoxy groups -OCH3 is 2. The number of ether oxygens (including phenoxy) is 3. The first-order chi connectivity index (χ1) is 20.5. The number of amides is 2. The smallest absolute Gasteiger partial charge is 0.341 e. The van der Waals surface area contributed by atoms with Crippen molar-refractivity contribution in [3.8, 4) is 0 Å². The highest BCUT2D eigenvalue weighted by Gasteiger charge is 2.30. The number of thiophene rings is 1. The summed E-state index contributed by atoms with van der Waals surface area (Å²) in [6, 6.07) is 4.92. The summed E-state index contributed by atoms with van der Waals surface area (Å²) in [4.78, 5) is 55.5. The van der Waals surface area contributed by atoms with Gasteiger partial charge in [0.2, 0.25) is 5.91 Å². The molecule has 232 valence electrons. The Hall–Kier alpha value is -3.40. The van der Waals surface area contributed by atoms with Crippen molar-refractivity contribution in [2.45, 2.75) is 39.7 Å². The van der Waals surface area contributed by atoms with Crippen LogP contribution in [0, 0.1) is 5.92 Å². The maximum atomic E-state index is 12.8. The first-order valence-corrected chi connectivity index (χ1v) is 17.0. The molecule has 0 saturated heterocycles. The first-order valence-electron chi connectivity index (χ1n) is 13.6. The van der Waals surface area contributed by atoms with Gasteiger partial charge in [-0.2, -0.15) is 4.99 Å². The normalized spacial score (nSPS) is 15.3. The van der Waals surface area contributed by atoms with E-state index < -0.39 is 45.1 Å². The van der Waals surface area contributed by atoms with Gasteiger partial charge in [-0.05, 0) is 55.9 Å². The second kappa shape index (κ2) is 13.9. The van der Waals surface area contributed by atoms with Crippen molar-refractivity contribution in [2.75, 3.05) is 44.3 Å². The molecule has 0 radical (unpaired) electrons. The number of fused-ring (bicyclic) bond motifs is 2. The molecule has 2 heterocycles. The predicted octanol–water partition coefficient (Wildman–Crippen LogP) is 2.98. The lowest BCUT2D eigenvalue weighted by Gasteiger charge is -2.18. The van der Waals surface area contributed by atoms with Crippen LogP contribution in [0.1, 0.15) is 51.4 Å². The van der Waals surface area contributed by atoms with Crippen molar-refractivity contribution in [2.24, 2.45) is 10.9 Å². The van der Waals surface area contributed by atoms with Crippen LogP contribution in [0.2, 0.25) is 0 Å².